The normalized spacial score (nSPS) is 10.3. The lowest BCUT2D eigenvalue weighted by molar-refractivity contribution is 0.0588. The van der Waals surface area contributed by atoms with Crippen molar-refractivity contribution in [2.24, 2.45) is 0 Å². The Morgan fingerprint density at radius 1 is 0.440 bits per heavy atom. The van der Waals surface area contributed by atoms with Crippen LogP contribution in [-0.4, -0.2) is 81.9 Å². The van der Waals surface area contributed by atoms with Crippen molar-refractivity contribution < 1.29 is 43.2 Å². The van der Waals surface area contributed by atoms with Crippen LogP contribution in [0.1, 0.15) is 75.6 Å². The molecule has 15 nitrogen and oxygen atoms in total. The summed E-state index contributed by atoms with van der Waals surface area (Å²) in [4.78, 5) is 48.9. The summed E-state index contributed by atoms with van der Waals surface area (Å²) in [6.45, 7) is 12.3. The lowest BCUT2D eigenvalue weighted by Crippen LogP contribution is -2.05. The van der Waals surface area contributed by atoms with Crippen molar-refractivity contribution >= 4 is 55.4 Å². The summed E-state index contributed by atoms with van der Waals surface area (Å²) in [7, 11) is 7.18. The third-order valence-electron chi connectivity index (χ3n) is 13.3. The number of aromatic carboxylic acids is 1. The molecule has 0 aliphatic rings. The molecule has 0 unspecified atom stereocenters. The van der Waals surface area contributed by atoms with Crippen LogP contribution in [0.25, 0.3) is 33.4 Å². The average molecular weight is 1150 g/mol. The predicted molar refractivity (Wildman–Crippen MR) is 334 cm³/mol. The van der Waals surface area contributed by atoms with E-state index < -0.39 is 17.9 Å². The SMILES string of the molecule is COC(=O)c1cc(-c2cnc(NCc3cccc(C)c3)cc2C)ccc1OC.COC(=O)c1cc(-c2cnc(NCc3cccc(C)c3)cc2Cl)ccc1OC.COc1ccc(-c2cnc(NCc3cccc(C)c3)cc2C)cc1C(=O)O.[B]. The smallest absolute Gasteiger partial charge is 0.341 e. The van der Waals surface area contributed by atoms with Gasteiger partial charge in [0, 0.05) is 63.3 Å². The molecule has 84 heavy (non-hydrogen) atoms. The van der Waals surface area contributed by atoms with E-state index in [1.807, 2.05) is 62.5 Å². The monoisotopic (exact) mass is 1150 g/mol. The number of esters is 2. The van der Waals surface area contributed by atoms with Crippen LogP contribution < -0.4 is 30.2 Å². The molecule has 4 N–H and O–H groups in total. The minimum Gasteiger partial charge on any atom is -0.496 e. The fourth-order valence-electron chi connectivity index (χ4n) is 9.03. The van der Waals surface area contributed by atoms with Gasteiger partial charge in [0.15, 0.2) is 0 Å². The second-order valence-corrected chi connectivity index (χ2v) is 19.8. The van der Waals surface area contributed by atoms with E-state index in [0.29, 0.717) is 58.9 Å². The van der Waals surface area contributed by atoms with Gasteiger partial charge in [0.1, 0.15) is 51.4 Å². The summed E-state index contributed by atoms with van der Waals surface area (Å²) in [5.74, 6) is 1.61. The number of carboxylic acid groups (broad SMARTS) is 1. The van der Waals surface area contributed by atoms with E-state index in [1.54, 1.807) is 54.9 Å². The summed E-state index contributed by atoms with van der Waals surface area (Å²) in [6.07, 6.45) is 5.27. The molecule has 3 aromatic heterocycles. The van der Waals surface area contributed by atoms with E-state index >= 15 is 0 Å². The molecule has 9 rings (SSSR count). The van der Waals surface area contributed by atoms with E-state index in [-0.39, 0.29) is 14.0 Å². The number of nitrogens with one attached hydrogen (secondary N) is 3. The maximum atomic E-state index is 12.0. The number of halogens is 1. The van der Waals surface area contributed by atoms with Gasteiger partial charge >= 0.3 is 17.9 Å². The van der Waals surface area contributed by atoms with Crippen LogP contribution in [0.4, 0.5) is 17.5 Å². The highest BCUT2D eigenvalue weighted by molar-refractivity contribution is 6.33. The molecule has 0 spiro atoms. The van der Waals surface area contributed by atoms with E-state index in [4.69, 9.17) is 35.3 Å². The predicted octanol–water partition coefficient (Wildman–Crippen LogP) is 14.2. The number of aryl methyl sites for hydroxylation is 5. The van der Waals surface area contributed by atoms with Crippen LogP contribution in [0.3, 0.4) is 0 Å². The first-order valence-corrected chi connectivity index (χ1v) is 26.8. The van der Waals surface area contributed by atoms with E-state index in [9.17, 15) is 19.5 Å². The largest absolute Gasteiger partial charge is 0.496 e. The van der Waals surface area contributed by atoms with Crippen LogP contribution in [0.2, 0.25) is 5.02 Å². The number of hydrogen-bond donors (Lipinski definition) is 4. The van der Waals surface area contributed by atoms with Crippen LogP contribution in [-0.2, 0) is 29.1 Å². The van der Waals surface area contributed by atoms with Gasteiger partial charge in [-0.05, 0) is 134 Å². The van der Waals surface area contributed by atoms with Crippen molar-refractivity contribution in [2.45, 2.75) is 54.3 Å². The van der Waals surface area contributed by atoms with Gasteiger partial charge in [0.25, 0.3) is 0 Å². The molecule has 0 atom stereocenters. The Labute approximate surface area is 498 Å². The Balaban J connectivity index is 0.000000201. The van der Waals surface area contributed by atoms with E-state index in [0.717, 1.165) is 56.1 Å². The van der Waals surface area contributed by atoms with Crippen LogP contribution in [0, 0.1) is 34.6 Å². The maximum Gasteiger partial charge on any atom is 0.341 e. The number of benzene rings is 6. The molecule has 429 valence electrons. The first-order chi connectivity index (χ1) is 40.0. The molecule has 17 heteroatoms. The number of carbonyl (C=O) groups excluding carboxylic acids is 2. The molecule has 0 fully saturated rings. The second-order valence-electron chi connectivity index (χ2n) is 19.4. The summed E-state index contributed by atoms with van der Waals surface area (Å²) in [5.41, 5.74) is 15.2. The summed E-state index contributed by atoms with van der Waals surface area (Å²) in [6, 6.07) is 46.5. The molecular weight excluding hydrogens is 1080 g/mol. The molecule has 0 amide bonds. The molecule has 6 aromatic carbocycles. The van der Waals surface area contributed by atoms with Crippen LogP contribution in [0.15, 0.2) is 164 Å². The van der Waals surface area contributed by atoms with Gasteiger partial charge in [-0.1, -0.05) is 119 Å². The van der Waals surface area contributed by atoms with Gasteiger partial charge < -0.3 is 44.7 Å². The van der Waals surface area contributed by atoms with E-state index in [1.165, 1.54) is 68.9 Å². The third kappa shape index (κ3) is 17.0. The van der Waals surface area contributed by atoms with Gasteiger partial charge in [-0.15, -0.1) is 0 Å². The first kappa shape index (κ1) is 63.5. The average Bonchev–Trinajstić information content (AvgIpc) is 3.64. The number of hydrogen-bond acceptors (Lipinski definition) is 14. The highest BCUT2D eigenvalue weighted by atomic mass is 35.5. The molecule has 9 aromatic rings. The van der Waals surface area contributed by atoms with Crippen molar-refractivity contribution in [3.05, 3.63) is 230 Å². The quantitative estimate of drug-likeness (QED) is 0.0468. The number of aromatic nitrogens is 3. The fourth-order valence-corrected chi connectivity index (χ4v) is 9.29. The molecule has 0 aliphatic heterocycles. The highest BCUT2D eigenvalue weighted by Crippen LogP contribution is 2.34. The van der Waals surface area contributed by atoms with Crippen molar-refractivity contribution in [3.8, 4) is 50.6 Å². The number of nitrogens with zero attached hydrogens (tertiary/aromatic N) is 3. The molecule has 0 saturated carbocycles. The van der Waals surface area contributed by atoms with E-state index in [2.05, 4.69) is 112 Å². The maximum absolute atomic E-state index is 12.0. The standard InChI is InChI=1S/C23H24N2O3.C22H21ClN2O3.C22H22N2O3.B/c1-15-6-5-7-17(10-15)13-24-22-11-16(2)20(14-25-22)18-8-9-21(27-3)19(12-18)23(26)28-4;1-14-5-4-6-15(9-14)12-24-21-11-19(23)18(13-25-21)16-7-8-20(27-2)17(10-16)22(26)28-3;1-14-5-4-6-16(9-14)12-23-21-10-15(2)19(13-24-21)17-7-8-20(27-3)18(11-17)22(25)26;/h5-12,14H,13H2,1-4H3,(H,24,25);4-11,13H,12H2,1-3H3,(H,24,25);4-11,13H,12H2,1-3H3,(H,23,24)(H,25,26);. The zero-order valence-electron chi connectivity index (χ0n) is 48.7. The Morgan fingerprint density at radius 2 is 0.774 bits per heavy atom. The van der Waals surface area contributed by atoms with Gasteiger partial charge in [-0.25, -0.2) is 29.3 Å². The number of methoxy groups -OCH3 is 5. The molecule has 3 heterocycles. The number of pyridine rings is 3. The van der Waals surface area contributed by atoms with Gasteiger partial charge in [-0.3, -0.25) is 0 Å². The number of rotatable bonds is 18. The first-order valence-electron chi connectivity index (χ1n) is 26.4. The number of carbonyl (C=O) groups is 3. The van der Waals surface area contributed by atoms with Crippen LogP contribution >= 0.6 is 11.6 Å². The Morgan fingerprint density at radius 3 is 1.10 bits per heavy atom. The second kappa shape index (κ2) is 30.4. The fraction of sp³-hybridized carbons (Fsp3) is 0.194. The number of anilines is 3. The zero-order chi connectivity index (χ0) is 59.6. The number of ether oxygens (including phenoxy) is 5. The molecular formula is C67H67BClN6O9. The summed E-state index contributed by atoms with van der Waals surface area (Å²) in [5, 5.41) is 19.9. The zero-order valence-corrected chi connectivity index (χ0v) is 49.5. The van der Waals surface area contributed by atoms with Crippen molar-refractivity contribution in [1.82, 2.24) is 15.0 Å². The minimum absolute atomic E-state index is 0. The van der Waals surface area contributed by atoms with Gasteiger partial charge in [0.2, 0.25) is 0 Å². The minimum atomic E-state index is -1.02. The van der Waals surface area contributed by atoms with Crippen molar-refractivity contribution in [3.63, 3.8) is 0 Å². The topological polar surface area (TPSA) is 192 Å². The Bertz CT molecular complexity index is 3600. The molecule has 0 bridgehead atoms. The molecule has 0 aliphatic carbocycles. The Hall–Kier alpha value is -9.67. The highest BCUT2D eigenvalue weighted by Gasteiger charge is 2.18. The lowest BCUT2D eigenvalue weighted by Gasteiger charge is -2.13. The van der Waals surface area contributed by atoms with Gasteiger partial charge in [-0.2, -0.15) is 0 Å². The lowest BCUT2D eigenvalue weighted by atomic mass is 10.00. The summed E-state index contributed by atoms with van der Waals surface area (Å²) >= 11 is 6.48. The van der Waals surface area contributed by atoms with Crippen molar-refractivity contribution in [1.29, 1.82) is 0 Å². The van der Waals surface area contributed by atoms with Gasteiger partial charge in [0.05, 0.1) is 40.6 Å². The third-order valence-corrected chi connectivity index (χ3v) is 13.6. The van der Waals surface area contributed by atoms with Crippen molar-refractivity contribution in [2.75, 3.05) is 51.5 Å². The van der Waals surface area contributed by atoms with Crippen LogP contribution in [0.5, 0.6) is 17.2 Å². The Kier molecular flexibility index (Phi) is 23.0. The molecule has 3 radical (unpaired) electrons. The summed E-state index contributed by atoms with van der Waals surface area (Å²) < 4.78 is 25.3. The molecule has 0 saturated heterocycles. The number of carboxylic acids is 1.